The molecule has 0 amide bonds. The van der Waals surface area contributed by atoms with Crippen LogP contribution in [0.2, 0.25) is 0 Å². The fraction of sp³-hybridized carbons (Fsp3) is 0.385. The topological polar surface area (TPSA) is 16.8 Å². The average molecular weight is 377 g/mol. The number of aryl methyl sites for hydroxylation is 3. The highest BCUT2D eigenvalue weighted by Gasteiger charge is 2.26. The van der Waals surface area contributed by atoms with E-state index in [9.17, 15) is 0 Å². The summed E-state index contributed by atoms with van der Waals surface area (Å²) in [5.74, 6) is 0. The Morgan fingerprint density at radius 3 is 2.54 bits per heavy atom. The lowest BCUT2D eigenvalue weighted by atomic mass is 9.86. The minimum absolute atomic E-state index is 0.137. The monoisotopic (exact) mass is 376 g/mol. The van der Waals surface area contributed by atoms with E-state index in [0.29, 0.717) is 12.0 Å². The summed E-state index contributed by atoms with van der Waals surface area (Å²) in [5, 5.41) is 0. The number of hydrogen-bond acceptors (Lipinski definition) is 1. The van der Waals surface area contributed by atoms with E-state index < -0.39 is 18.6 Å². The maximum absolute atomic E-state index is 8.72. The van der Waals surface area contributed by atoms with Gasteiger partial charge in [0.2, 0.25) is 5.69 Å². The third-order valence-corrected chi connectivity index (χ3v) is 5.47. The van der Waals surface area contributed by atoms with E-state index in [1.165, 1.54) is 5.56 Å². The van der Waals surface area contributed by atoms with Crippen molar-refractivity contribution in [3.8, 4) is 22.4 Å². The molecule has 0 bridgehead atoms. The number of nitrogens with zero attached hydrogens (tertiary/aromatic N) is 2. The number of hydrogen-bond donors (Lipinski definition) is 0. The van der Waals surface area contributed by atoms with Gasteiger partial charge in [-0.3, -0.25) is 4.98 Å². The minimum Gasteiger partial charge on any atom is -0.257 e. The summed E-state index contributed by atoms with van der Waals surface area (Å²) in [4.78, 5) is 4.47. The van der Waals surface area contributed by atoms with Crippen LogP contribution >= 0.6 is 0 Å². The maximum atomic E-state index is 8.72. The Bertz CT molecular complexity index is 1270. The van der Waals surface area contributed by atoms with Crippen LogP contribution in [0, 0.1) is 26.1 Å². The summed E-state index contributed by atoms with van der Waals surface area (Å²) in [6.45, 7) is 7.63. The third-order valence-electron chi connectivity index (χ3n) is 5.47. The zero-order chi connectivity index (χ0) is 24.5. The Labute approximate surface area is 176 Å². The number of pyridine rings is 2. The van der Waals surface area contributed by atoms with Crippen molar-refractivity contribution in [3.05, 3.63) is 70.2 Å². The van der Waals surface area contributed by atoms with Gasteiger partial charge in [-0.2, -0.15) is 0 Å². The lowest BCUT2D eigenvalue weighted by Gasteiger charge is -2.19. The van der Waals surface area contributed by atoms with Crippen molar-refractivity contribution >= 4 is 0 Å². The van der Waals surface area contributed by atoms with E-state index in [1.807, 2.05) is 51.6 Å². The molecule has 2 aromatic heterocycles. The van der Waals surface area contributed by atoms with Gasteiger partial charge >= 0.3 is 0 Å². The fourth-order valence-electron chi connectivity index (χ4n) is 4.12. The van der Waals surface area contributed by atoms with Crippen LogP contribution in [-0.2, 0) is 19.8 Å². The molecule has 28 heavy (non-hydrogen) atoms. The summed E-state index contributed by atoms with van der Waals surface area (Å²) in [7, 11) is 1.96. The molecule has 0 saturated heterocycles. The highest BCUT2D eigenvalue weighted by Crippen LogP contribution is 2.40. The molecule has 0 N–H and O–H groups in total. The Morgan fingerprint density at radius 2 is 1.82 bits per heavy atom. The fourth-order valence-corrected chi connectivity index (χ4v) is 4.12. The third kappa shape index (κ3) is 3.26. The van der Waals surface area contributed by atoms with Crippen molar-refractivity contribution in [2.24, 2.45) is 12.5 Å². The second-order valence-electron chi connectivity index (χ2n) is 8.87. The Morgan fingerprint density at radius 1 is 1.11 bits per heavy atom. The Kier molecular flexibility index (Phi) is 3.19. The normalized spacial score (nSPS) is 16.4. The van der Waals surface area contributed by atoms with Crippen LogP contribution in [0.3, 0.4) is 0 Å². The Hall–Kier alpha value is -2.48. The molecule has 0 spiro atoms. The molecule has 1 aromatic carbocycles. The zero-order valence-electron chi connectivity index (χ0n) is 22.6. The second-order valence-corrected chi connectivity index (χ2v) is 8.87. The maximum Gasteiger partial charge on any atom is 0.212 e. The van der Waals surface area contributed by atoms with Gasteiger partial charge in [0, 0.05) is 41.7 Å². The molecular formula is C26H31N2+. The predicted octanol–water partition coefficient (Wildman–Crippen LogP) is 5.66. The zero-order valence-corrected chi connectivity index (χ0v) is 17.6. The van der Waals surface area contributed by atoms with Crippen LogP contribution in [0.1, 0.15) is 61.3 Å². The lowest BCUT2D eigenvalue weighted by molar-refractivity contribution is -0.660. The number of fused-ring (bicyclic) bond motifs is 3. The van der Waals surface area contributed by atoms with Crippen LogP contribution < -0.4 is 4.57 Å². The van der Waals surface area contributed by atoms with Gasteiger partial charge in [-0.25, -0.2) is 4.57 Å². The summed E-state index contributed by atoms with van der Waals surface area (Å²) >= 11 is 0. The van der Waals surface area contributed by atoms with E-state index >= 15 is 0 Å². The molecule has 0 radical (unpaired) electrons. The van der Waals surface area contributed by atoms with Gasteiger partial charge < -0.3 is 0 Å². The van der Waals surface area contributed by atoms with Gasteiger partial charge in [0.25, 0.3) is 0 Å². The number of rotatable bonds is 2. The minimum atomic E-state index is -2.21. The quantitative estimate of drug-likeness (QED) is 0.413. The molecule has 0 fully saturated rings. The van der Waals surface area contributed by atoms with Crippen molar-refractivity contribution in [1.82, 2.24) is 4.98 Å². The lowest BCUT2D eigenvalue weighted by Crippen LogP contribution is -2.32. The van der Waals surface area contributed by atoms with E-state index in [1.54, 1.807) is 6.07 Å². The van der Waals surface area contributed by atoms with E-state index in [2.05, 4.69) is 30.1 Å². The molecular weight excluding hydrogens is 340 g/mol. The van der Waals surface area contributed by atoms with Crippen molar-refractivity contribution in [2.45, 2.75) is 54.3 Å². The SMILES string of the molecule is [2H]C([2H])([2H])c1ccc2c(n1)Cc1c-2ccc(-c2cc(C)c(C([2H])([2H])C(C)(C)C)c[n+]2C)c1C. The first-order valence-electron chi connectivity index (χ1n) is 12.3. The molecule has 144 valence electrons. The summed E-state index contributed by atoms with van der Waals surface area (Å²) in [6.07, 6.45) is 1.07. The smallest absolute Gasteiger partial charge is 0.212 e. The summed E-state index contributed by atoms with van der Waals surface area (Å²) in [5.41, 5.74) is 8.58. The van der Waals surface area contributed by atoms with Gasteiger partial charge in [0.15, 0.2) is 6.20 Å². The molecule has 1 aliphatic rings. The van der Waals surface area contributed by atoms with Crippen LogP contribution in [0.15, 0.2) is 36.5 Å². The predicted molar refractivity (Wildman–Crippen MR) is 116 cm³/mol. The molecule has 0 aliphatic heterocycles. The van der Waals surface area contributed by atoms with Crippen molar-refractivity contribution in [1.29, 1.82) is 0 Å². The number of benzene rings is 1. The van der Waals surface area contributed by atoms with Crippen molar-refractivity contribution in [3.63, 3.8) is 0 Å². The van der Waals surface area contributed by atoms with Gasteiger partial charge in [0.1, 0.15) is 7.05 Å². The molecule has 1 aliphatic carbocycles. The first-order chi connectivity index (χ1) is 15.1. The standard InChI is InChI=1S/C26H31N2/c1-16-12-25(28(7)15-19(16)14-26(4,5)6)20-10-11-21-22-9-8-17(2)27-24(22)13-23(21)18(20)3/h8-12,15H,13-14H2,1-7H3/q+1/i2D3,14D2. The van der Waals surface area contributed by atoms with Gasteiger partial charge in [-0.15, -0.1) is 0 Å². The second kappa shape index (κ2) is 6.55. The van der Waals surface area contributed by atoms with Crippen LogP contribution in [0.25, 0.3) is 22.4 Å². The Balaban J connectivity index is 1.79. The molecule has 3 aromatic rings. The van der Waals surface area contributed by atoms with Crippen molar-refractivity contribution < 1.29 is 11.4 Å². The van der Waals surface area contributed by atoms with Gasteiger partial charge in [-0.1, -0.05) is 32.9 Å². The largest absolute Gasteiger partial charge is 0.257 e. The molecule has 2 heterocycles. The summed E-state index contributed by atoms with van der Waals surface area (Å²) < 4.78 is 42.4. The highest BCUT2D eigenvalue weighted by molar-refractivity contribution is 5.81. The molecule has 2 nitrogen and oxygen atoms in total. The van der Waals surface area contributed by atoms with Crippen LogP contribution in [0.5, 0.6) is 0 Å². The molecule has 4 rings (SSSR count). The highest BCUT2D eigenvalue weighted by atomic mass is 14.9. The van der Waals surface area contributed by atoms with E-state index in [-0.39, 0.29) is 5.69 Å². The van der Waals surface area contributed by atoms with Gasteiger partial charge in [-0.05, 0) is 66.9 Å². The number of aromatic nitrogens is 2. The van der Waals surface area contributed by atoms with Gasteiger partial charge in [0.05, 0.1) is 5.69 Å². The van der Waals surface area contributed by atoms with E-state index in [4.69, 9.17) is 6.85 Å². The average Bonchev–Trinajstić information content (AvgIpc) is 3.07. The first-order valence-corrected chi connectivity index (χ1v) is 9.77. The molecule has 0 unspecified atom stereocenters. The summed E-state index contributed by atoms with van der Waals surface area (Å²) in [6, 6.07) is 9.75. The van der Waals surface area contributed by atoms with Crippen LogP contribution in [-0.4, -0.2) is 4.98 Å². The molecule has 0 saturated carbocycles. The van der Waals surface area contributed by atoms with Crippen LogP contribution in [0.4, 0.5) is 0 Å². The first kappa shape index (κ1) is 13.7. The molecule has 0 atom stereocenters. The van der Waals surface area contributed by atoms with Crippen molar-refractivity contribution in [2.75, 3.05) is 0 Å². The molecule has 2 heteroatoms. The van der Waals surface area contributed by atoms with E-state index in [0.717, 1.165) is 39.2 Å².